The summed E-state index contributed by atoms with van der Waals surface area (Å²) in [5.41, 5.74) is 2.32. The van der Waals surface area contributed by atoms with Crippen molar-refractivity contribution in [3.05, 3.63) is 69.1 Å². The highest BCUT2D eigenvalue weighted by molar-refractivity contribution is 5.93. The van der Waals surface area contributed by atoms with E-state index in [1.807, 2.05) is 24.3 Å². The Hall–Kier alpha value is -2.44. The van der Waals surface area contributed by atoms with E-state index >= 15 is 0 Å². The molecule has 0 saturated heterocycles. The highest BCUT2D eigenvalue weighted by Gasteiger charge is 2.13. The average Bonchev–Trinajstić information content (AvgIpc) is 2.57. The number of carbonyl (C=O) groups is 1. The van der Waals surface area contributed by atoms with E-state index in [0.29, 0.717) is 13.1 Å². The molecule has 0 spiro atoms. The molecule has 2 rings (SSSR count). The first kappa shape index (κ1) is 16.9. The van der Waals surface area contributed by atoms with Crippen molar-refractivity contribution < 1.29 is 9.90 Å². The Balaban J connectivity index is 2.45. The molecule has 23 heavy (non-hydrogen) atoms. The lowest BCUT2D eigenvalue weighted by Crippen LogP contribution is -2.32. The molecule has 0 fully saturated rings. The molecule has 3 N–H and O–H groups in total. The second-order valence-corrected chi connectivity index (χ2v) is 5.28. The molecule has 2 aromatic rings. The first-order chi connectivity index (χ1) is 11.1. The zero-order valence-corrected chi connectivity index (χ0v) is 13.3. The van der Waals surface area contributed by atoms with Gasteiger partial charge in [0.15, 0.2) is 0 Å². The van der Waals surface area contributed by atoms with Gasteiger partial charge in [-0.25, -0.2) is 0 Å². The molecule has 6 nitrogen and oxygen atoms in total. The largest absolute Gasteiger partial charge is 0.392 e. The Bertz CT molecular complexity index is 753. The highest BCUT2D eigenvalue weighted by atomic mass is 16.3. The van der Waals surface area contributed by atoms with Crippen LogP contribution in [0.2, 0.25) is 0 Å². The zero-order chi connectivity index (χ0) is 16.8. The lowest BCUT2D eigenvalue weighted by Gasteiger charge is -2.12. The molecule has 0 aliphatic heterocycles. The van der Waals surface area contributed by atoms with Crippen molar-refractivity contribution in [2.75, 3.05) is 14.1 Å². The molecule has 0 aliphatic carbocycles. The normalized spacial score (nSPS) is 10.6. The number of benzene rings is 1. The molecule has 1 amide bonds. The standard InChI is InChI=1S/C17H21N3O3/c1-18-8-14-7-15(16(22)19-2)17(23)20(10-14)9-12-4-3-5-13(6-12)11-21/h3-7,10,18,21H,8-9,11H2,1-2H3,(H,19,22). The molecule has 1 aromatic heterocycles. The van der Waals surface area contributed by atoms with Gasteiger partial charge in [-0.1, -0.05) is 24.3 Å². The number of carbonyl (C=O) groups excluding carboxylic acids is 1. The Kier molecular flexibility index (Phi) is 5.67. The molecule has 0 unspecified atom stereocenters. The van der Waals surface area contributed by atoms with Crippen molar-refractivity contribution in [2.45, 2.75) is 19.7 Å². The molecule has 1 heterocycles. The van der Waals surface area contributed by atoms with E-state index in [1.54, 1.807) is 19.3 Å². The van der Waals surface area contributed by atoms with E-state index in [9.17, 15) is 14.7 Å². The molecule has 122 valence electrons. The highest BCUT2D eigenvalue weighted by Crippen LogP contribution is 2.08. The molecule has 0 bridgehead atoms. The zero-order valence-electron chi connectivity index (χ0n) is 13.3. The number of aromatic nitrogens is 1. The van der Waals surface area contributed by atoms with Crippen LogP contribution in [0.4, 0.5) is 0 Å². The van der Waals surface area contributed by atoms with E-state index in [-0.39, 0.29) is 17.7 Å². The van der Waals surface area contributed by atoms with Gasteiger partial charge in [0.05, 0.1) is 13.2 Å². The molecular weight excluding hydrogens is 294 g/mol. The van der Waals surface area contributed by atoms with E-state index in [2.05, 4.69) is 10.6 Å². The van der Waals surface area contributed by atoms with Crippen molar-refractivity contribution in [1.82, 2.24) is 15.2 Å². The maximum absolute atomic E-state index is 12.5. The van der Waals surface area contributed by atoms with Gasteiger partial charge in [0.1, 0.15) is 5.56 Å². The number of rotatable bonds is 6. The molecule has 0 saturated carbocycles. The SMILES string of the molecule is CNCc1cc(C(=O)NC)c(=O)n(Cc2cccc(CO)c2)c1. The number of aliphatic hydroxyl groups is 1. The van der Waals surface area contributed by atoms with Crippen LogP contribution >= 0.6 is 0 Å². The third kappa shape index (κ3) is 4.06. The van der Waals surface area contributed by atoms with E-state index < -0.39 is 5.91 Å². The summed E-state index contributed by atoms with van der Waals surface area (Å²) in [6.07, 6.45) is 1.75. The van der Waals surface area contributed by atoms with E-state index in [1.165, 1.54) is 11.6 Å². The van der Waals surface area contributed by atoms with Crippen LogP contribution in [-0.4, -0.2) is 29.7 Å². The first-order valence-corrected chi connectivity index (χ1v) is 7.37. The topological polar surface area (TPSA) is 83.4 Å². The van der Waals surface area contributed by atoms with Gasteiger partial charge in [-0.05, 0) is 29.8 Å². The summed E-state index contributed by atoms with van der Waals surface area (Å²) in [4.78, 5) is 24.4. The van der Waals surface area contributed by atoms with Gasteiger partial charge in [-0.2, -0.15) is 0 Å². The molecular formula is C17H21N3O3. The summed E-state index contributed by atoms with van der Waals surface area (Å²) in [7, 11) is 3.31. The van der Waals surface area contributed by atoms with Gasteiger partial charge in [0.25, 0.3) is 11.5 Å². The van der Waals surface area contributed by atoms with Gasteiger partial charge in [-0.3, -0.25) is 9.59 Å². The number of hydrogen-bond acceptors (Lipinski definition) is 4. The average molecular weight is 315 g/mol. The fraction of sp³-hybridized carbons (Fsp3) is 0.294. The van der Waals surface area contributed by atoms with Gasteiger partial charge in [0, 0.05) is 19.8 Å². The van der Waals surface area contributed by atoms with Gasteiger partial charge < -0.3 is 20.3 Å². The Labute approximate surface area is 134 Å². The molecule has 6 heteroatoms. The lowest BCUT2D eigenvalue weighted by atomic mass is 10.1. The van der Waals surface area contributed by atoms with Gasteiger partial charge >= 0.3 is 0 Å². The van der Waals surface area contributed by atoms with Crippen LogP contribution in [0, 0.1) is 0 Å². The summed E-state index contributed by atoms with van der Waals surface area (Å²) >= 11 is 0. The monoisotopic (exact) mass is 315 g/mol. The molecule has 0 aliphatic rings. The summed E-state index contributed by atoms with van der Waals surface area (Å²) < 4.78 is 1.52. The van der Waals surface area contributed by atoms with E-state index in [0.717, 1.165) is 16.7 Å². The maximum Gasteiger partial charge on any atom is 0.263 e. The third-order valence-electron chi connectivity index (χ3n) is 3.52. The molecule has 0 atom stereocenters. The van der Waals surface area contributed by atoms with Crippen LogP contribution in [0.3, 0.4) is 0 Å². The second-order valence-electron chi connectivity index (χ2n) is 5.28. The summed E-state index contributed by atoms with van der Waals surface area (Å²) in [6, 6.07) is 8.99. The van der Waals surface area contributed by atoms with Gasteiger partial charge in [0.2, 0.25) is 0 Å². The predicted molar refractivity (Wildman–Crippen MR) is 88.3 cm³/mol. The summed E-state index contributed by atoms with van der Waals surface area (Å²) in [5.74, 6) is -0.397. The van der Waals surface area contributed by atoms with Gasteiger partial charge in [-0.15, -0.1) is 0 Å². The van der Waals surface area contributed by atoms with Crippen LogP contribution in [0.1, 0.15) is 27.0 Å². The van der Waals surface area contributed by atoms with Crippen molar-refractivity contribution in [1.29, 1.82) is 0 Å². The number of nitrogens with one attached hydrogen (secondary N) is 2. The smallest absolute Gasteiger partial charge is 0.263 e. The molecule has 0 radical (unpaired) electrons. The predicted octanol–water partition coefficient (Wildman–Crippen LogP) is 0.468. The number of amides is 1. The minimum atomic E-state index is -0.397. The minimum absolute atomic E-state index is 0.0496. The Morgan fingerprint density at radius 3 is 2.57 bits per heavy atom. The quantitative estimate of drug-likeness (QED) is 0.723. The lowest BCUT2D eigenvalue weighted by molar-refractivity contribution is 0.0961. The number of pyridine rings is 1. The van der Waals surface area contributed by atoms with Crippen LogP contribution in [-0.2, 0) is 19.7 Å². The van der Waals surface area contributed by atoms with Crippen molar-refractivity contribution in [3.63, 3.8) is 0 Å². The number of nitrogens with zero attached hydrogens (tertiary/aromatic N) is 1. The Morgan fingerprint density at radius 1 is 1.17 bits per heavy atom. The third-order valence-corrected chi connectivity index (χ3v) is 3.52. The maximum atomic E-state index is 12.5. The summed E-state index contributed by atoms with van der Waals surface area (Å²) in [6.45, 7) is 0.848. The van der Waals surface area contributed by atoms with Crippen molar-refractivity contribution in [2.24, 2.45) is 0 Å². The van der Waals surface area contributed by atoms with E-state index in [4.69, 9.17) is 0 Å². The first-order valence-electron chi connectivity index (χ1n) is 7.37. The molecule has 1 aromatic carbocycles. The van der Waals surface area contributed by atoms with Crippen LogP contribution < -0.4 is 16.2 Å². The number of aliphatic hydroxyl groups excluding tert-OH is 1. The summed E-state index contributed by atoms with van der Waals surface area (Å²) in [5, 5.41) is 14.7. The Morgan fingerprint density at radius 2 is 1.91 bits per heavy atom. The van der Waals surface area contributed by atoms with Crippen LogP contribution in [0.15, 0.2) is 41.3 Å². The fourth-order valence-corrected chi connectivity index (χ4v) is 2.44. The second kappa shape index (κ2) is 7.71. The van der Waals surface area contributed by atoms with Crippen molar-refractivity contribution >= 4 is 5.91 Å². The van der Waals surface area contributed by atoms with Crippen LogP contribution in [0.5, 0.6) is 0 Å². The van der Waals surface area contributed by atoms with Crippen molar-refractivity contribution in [3.8, 4) is 0 Å². The van der Waals surface area contributed by atoms with Crippen LogP contribution in [0.25, 0.3) is 0 Å². The fourth-order valence-electron chi connectivity index (χ4n) is 2.44. The minimum Gasteiger partial charge on any atom is -0.392 e. The number of hydrogen-bond donors (Lipinski definition) is 3.